The van der Waals surface area contributed by atoms with Crippen molar-refractivity contribution in [2.75, 3.05) is 7.05 Å². The molecule has 3 aliphatic rings. The Morgan fingerprint density at radius 1 is 1.21 bits per heavy atom. The Hall–Kier alpha value is -1.12. The lowest BCUT2D eigenvalue weighted by Gasteiger charge is -2.20. The first-order valence-electron chi connectivity index (χ1n) is 7.55. The Kier molecular flexibility index (Phi) is 2.84. The third-order valence-electron chi connectivity index (χ3n) is 5.08. The predicted octanol–water partition coefficient (Wildman–Crippen LogP) is 2.33. The van der Waals surface area contributed by atoms with E-state index >= 15 is 0 Å². The van der Waals surface area contributed by atoms with Crippen molar-refractivity contribution >= 4 is 11.6 Å². The molecule has 2 aliphatic carbocycles. The molecule has 4 atom stereocenters. The number of allylic oxidation sites excluding steroid dienone is 1. The zero-order valence-corrected chi connectivity index (χ0v) is 12.6. The molecular weight excluding hydrogens is 236 g/mol. The third kappa shape index (κ3) is 1.63. The van der Waals surface area contributed by atoms with Gasteiger partial charge in [-0.25, -0.2) is 0 Å². The molecule has 1 heterocycles. The summed E-state index contributed by atoms with van der Waals surface area (Å²) in [5.74, 6) is 2.54. The molecule has 0 N–H and O–H groups in total. The fourth-order valence-corrected chi connectivity index (χ4v) is 4.52. The fourth-order valence-electron chi connectivity index (χ4n) is 4.52. The second-order valence-electron chi connectivity index (χ2n) is 6.91. The third-order valence-corrected chi connectivity index (χ3v) is 5.08. The number of carbonyl (C=O) groups is 1. The van der Waals surface area contributed by atoms with Crippen LogP contribution in [0.1, 0.15) is 34.1 Å². The molecule has 1 saturated heterocycles. The van der Waals surface area contributed by atoms with Gasteiger partial charge in [-0.15, -0.1) is 9.69 Å². The monoisotopic (exact) mass is 261 g/mol. The van der Waals surface area contributed by atoms with E-state index in [-0.39, 0.29) is 5.92 Å². The van der Waals surface area contributed by atoms with E-state index in [1.165, 1.54) is 12.1 Å². The smallest absolute Gasteiger partial charge is 0.268 e. The second-order valence-corrected chi connectivity index (χ2v) is 6.91. The fraction of sp³-hybridized carbons (Fsp3) is 0.750. The summed E-state index contributed by atoms with van der Waals surface area (Å²) in [6.07, 6.45) is 5.78. The highest BCUT2D eigenvalue weighted by atomic mass is 16.2. The maximum absolute atomic E-state index is 12.6. The zero-order chi connectivity index (χ0) is 13.9. The van der Waals surface area contributed by atoms with Crippen LogP contribution >= 0.6 is 0 Å². The van der Waals surface area contributed by atoms with Crippen LogP contribution in [0, 0.1) is 29.6 Å². The highest BCUT2D eigenvalue weighted by molar-refractivity contribution is 5.87. The minimum Gasteiger partial charge on any atom is -0.268 e. The van der Waals surface area contributed by atoms with Crippen molar-refractivity contribution in [2.45, 2.75) is 40.2 Å². The van der Waals surface area contributed by atoms with Gasteiger partial charge in [-0.05, 0) is 12.3 Å². The van der Waals surface area contributed by atoms with Gasteiger partial charge < -0.3 is 0 Å². The Morgan fingerprint density at radius 3 is 2.37 bits per heavy atom. The van der Waals surface area contributed by atoms with Crippen molar-refractivity contribution in [3.8, 4) is 0 Å². The number of hydrogen-bond donors (Lipinski definition) is 0. The number of rotatable bonds is 2. The van der Waals surface area contributed by atoms with Crippen molar-refractivity contribution in [1.82, 2.24) is 5.01 Å². The molecule has 0 radical (unpaired) electrons. The normalized spacial score (nSPS) is 36.1. The number of nitrogens with zero attached hydrogens (tertiary/aromatic N) is 2. The van der Waals surface area contributed by atoms with E-state index in [1.54, 1.807) is 0 Å². The summed E-state index contributed by atoms with van der Waals surface area (Å²) in [4.78, 5) is 12.6. The molecule has 2 fully saturated rings. The first kappa shape index (κ1) is 12.9. The van der Waals surface area contributed by atoms with Crippen molar-refractivity contribution < 1.29 is 9.48 Å². The van der Waals surface area contributed by atoms with Crippen molar-refractivity contribution in [3.05, 3.63) is 12.2 Å². The van der Waals surface area contributed by atoms with E-state index in [2.05, 4.69) is 44.5 Å². The molecule has 1 amide bonds. The van der Waals surface area contributed by atoms with E-state index in [0.29, 0.717) is 35.6 Å². The molecule has 0 aromatic heterocycles. The number of hydrazine groups is 1. The van der Waals surface area contributed by atoms with Crippen LogP contribution in [0.25, 0.3) is 0 Å². The topological polar surface area (TPSA) is 23.3 Å². The molecule has 0 aromatic rings. The predicted molar refractivity (Wildman–Crippen MR) is 75.7 cm³/mol. The Morgan fingerprint density at radius 2 is 1.79 bits per heavy atom. The molecule has 0 aromatic carbocycles. The molecule has 3 rings (SSSR count). The van der Waals surface area contributed by atoms with Gasteiger partial charge in [-0.1, -0.05) is 39.8 Å². The summed E-state index contributed by atoms with van der Waals surface area (Å²) in [5.41, 5.74) is 1.41. The van der Waals surface area contributed by atoms with Gasteiger partial charge >= 0.3 is 0 Å². The van der Waals surface area contributed by atoms with Gasteiger partial charge in [-0.2, -0.15) is 0 Å². The van der Waals surface area contributed by atoms with Gasteiger partial charge in [0.1, 0.15) is 5.92 Å². The van der Waals surface area contributed by atoms with E-state index in [1.807, 2.05) is 12.1 Å². The van der Waals surface area contributed by atoms with Crippen LogP contribution < -0.4 is 0 Å². The van der Waals surface area contributed by atoms with Gasteiger partial charge in [0.15, 0.2) is 11.8 Å². The molecular formula is C16H25N2O+. The summed E-state index contributed by atoms with van der Waals surface area (Å²) in [6.45, 7) is 8.96. The van der Waals surface area contributed by atoms with E-state index < -0.39 is 0 Å². The SMILES string of the molecule is CC(C)C(C(C)C)=[N+]1C2C(C(=O)N1C)[C@@H]1C=C[C@H]2C1. The van der Waals surface area contributed by atoms with Crippen LogP contribution in [-0.2, 0) is 4.79 Å². The first-order chi connectivity index (χ1) is 8.93. The van der Waals surface area contributed by atoms with Crippen molar-refractivity contribution in [3.63, 3.8) is 0 Å². The van der Waals surface area contributed by atoms with Gasteiger partial charge in [0.25, 0.3) is 5.91 Å². The van der Waals surface area contributed by atoms with Gasteiger partial charge in [0.2, 0.25) is 0 Å². The van der Waals surface area contributed by atoms with Crippen molar-refractivity contribution in [2.24, 2.45) is 29.6 Å². The Bertz CT molecular complexity index is 465. The summed E-state index contributed by atoms with van der Waals surface area (Å²) in [6, 6.07) is 0.382. The number of hydrogen-bond acceptors (Lipinski definition) is 1. The zero-order valence-electron chi connectivity index (χ0n) is 12.6. The second kappa shape index (κ2) is 4.19. The lowest BCUT2D eigenvalue weighted by Crippen LogP contribution is -2.42. The van der Waals surface area contributed by atoms with Gasteiger partial charge in [-0.3, -0.25) is 4.79 Å². The highest BCUT2D eigenvalue weighted by Gasteiger charge is 2.63. The van der Waals surface area contributed by atoms with E-state index in [9.17, 15) is 4.79 Å². The summed E-state index contributed by atoms with van der Waals surface area (Å²) >= 11 is 0. The quantitative estimate of drug-likeness (QED) is 0.553. The Balaban J connectivity index is 2.13. The summed E-state index contributed by atoms with van der Waals surface area (Å²) in [5, 5.41) is 1.90. The first-order valence-corrected chi connectivity index (χ1v) is 7.55. The highest BCUT2D eigenvalue weighted by Crippen LogP contribution is 2.49. The molecule has 1 aliphatic heterocycles. The molecule has 3 heteroatoms. The lowest BCUT2D eigenvalue weighted by molar-refractivity contribution is -0.685. The molecule has 2 unspecified atom stereocenters. The van der Waals surface area contributed by atoms with Crippen molar-refractivity contribution in [1.29, 1.82) is 0 Å². The largest absolute Gasteiger partial charge is 0.287 e. The molecule has 104 valence electrons. The minimum atomic E-state index is 0.201. The molecule has 0 spiro atoms. The minimum absolute atomic E-state index is 0.201. The maximum atomic E-state index is 12.6. The summed E-state index contributed by atoms with van der Waals surface area (Å²) < 4.78 is 2.34. The lowest BCUT2D eigenvalue weighted by atomic mass is 9.89. The average Bonchev–Trinajstić information content (AvgIpc) is 2.97. The number of amides is 1. The number of carbonyl (C=O) groups excluding carboxylic acids is 1. The van der Waals surface area contributed by atoms with Crippen LogP contribution in [0.3, 0.4) is 0 Å². The maximum Gasteiger partial charge on any atom is 0.287 e. The Labute approximate surface area is 116 Å². The number of hydrazone groups is 1. The van der Waals surface area contributed by atoms with E-state index in [0.717, 1.165) is 0 Å². The van der Waals surface area contributed by atoms with Crippen LogP contribution in [-0.4, -0.2) is 34.4 Å². The summed E-state index contributed by atoms with van der Waals surface area (Å²) in [7, 11) is 1.95. The van der Waals surface area contributed by atoms with Gasteiger partial charge in [0.05, 0.1) is 7.05 Å². The van der Waals surface area contributed by atoms with Crippen LogP contribution in [0.4, 0.5) is 0 Å². The molecule has 2 bridgehead atoms. The standard InChI is InChI=1S/C16H25N2O/c1-9(2)14(10(3)4)18-15-12-7-6-11(8-12)13(15)16(19)17(18)5/h6-7,9-13,15H,8H2,1-5H3/q+1/t11-,12+,13?,15?/m1/s1. The van der Waals surface area contributed by atoms with Gasteiger partial charge in [0, 0.05) is 17.8 Å². The average molecular weight is 261 g/mol. The molecule has 3 nitrogen and oxygen atoms in total. The molecule has 19 heavy (non-hydrogen) atoms. The van der Waals surface area contributed by atoms with Crippen LogP contribution in [0.15, 0.2) is 12.2 Å². The number of fused-ring (bicyclic) bond motifs is 5. The van der Waals surface area contributed by atoms with E-state index in [4.69, 9.17) is 0 Å². The van der Waals surface area contributed by atoms with Crippen LogP contribution in [0.2, 0.25) is 0 Å². The van der Waals surface area contributed by atoms with Crippen LogP contribution in [0.5, 0.6) is 0 Å². The molecule has 1 saturated carbocycles.